The van der Waals surface area contributed by atoms with Gasteiger partial charge in [0.1, 0.15) is 17.7 Å². The normalized spacial score (nSPS) is 18.7. The van der Waals surface area contributed by atoms with Gasteiger partial charge >= 0.3 is 11.6 Å². The highest BCUT2D eigenvalue weighted by molar-refractivity contribution is 6.08. The lowest BCUT2D eigenvalue weighted by molar-refractivity contribution is -0.137. The second-order valence-electron chi connectivity index (χ2n) is 8.22. The first kappa shape index (κ1) is 20.8. The zero-order valence-corrected chi connectivity index (χ0v) is 17.7. The fraction of sp³-hybridized carbons (Fsp3) is 0.192. The average Bonchev–Trinajstić information content (AvgIpc) is 3.23. The number of fused-ring (bicyclic) bond motifs is 4. The lowest BCUT2D eigenvalue weighted by Crippen LogP contribution is -2.39. The fourth-order valence-corrected chi connectivity index (χ4v) is 4.53. The molecule has 2 atom stereocenters. The molecule has 0 saturated heterocycles. The quantitative estimate of drug-likeness (QED) is 0.448. The van der Waals surface area contributed by atoms with E-state index in [1.54, 1.807) is 6.07 Å². The molecular weight excluding hydrogens is 420 g/mol. The lowest BCUT2D eigenvalue weighted by atomic mass is 9.89. The molecule has 0 radical (unpaired) electrons. The molecule has 0 bridgehead atoms. The van der Waals surface area contributed by atoms with Crippen LogP contribution in [0.4, 0.5) is 0 Å². The number of benzene rings is 2. The van der Waals surface area contributed by atoms with Crippen molar-refractivity contribution < 1.29 is 19.1 Å². The number of carboxylic acid groups (broad SMARTS) is 1. The SMILES string of the molecule is O=C(O)CN(CCC1=CNC2C=CC=CC12)C(=O)c1cc2c(ccc3ccccc32)oc1=O. The molecule has 2 aromatic carbocycles. The molecule has 0 saturated carbocycles. The highest BCUT2D eigenvalue weighted by Crippen LogP contribution is 2.29. The van der Waals surface area contributed by atoms with Crippen LogP contribution in [-0.2, 0) is 4.79 Å². The summed E-state index contributed by atoms with van der Waals surface area (Å²) in [5.41, 5.74) is 0.517. The molecule has 2 N–H and O–H groups in total. The van der Waals surface area contributed by atoms with Crippen LogP contribution in [-0.4, -0.2) is 41.0 Å². The summed E-state index contributed by atoms with van der Waals surface area (Å²) < 4.78 is 5.44. The number of nitrogens with zero attached hydrogens (tertiary/aromatic N) is 1. The Hall–Kier alpha value is -4.13. The summed E-state index contributed by atoms with van der Waals surface area (Å²) in [6.07, 6.45) is 10.5. The molecule has 1 aromatic heterocycles. The Kier molecular flexibility index (Phi) is 5.30. The number of aliphatic carboxylic acids is 1. The number of carbonyl (C=O) groups is 2. The molecule has 0 spiro atoms. The van der Waals surface area contributed by atoms with E-state index >= 15 is 0 Å². The zero-order chi connectivity index (χ0) is 22.9. The maximum absolute atomic E-state index is 13.3. The van der Waals surface area contributed by atoms with Gasteiger partial charge in [-0.2, -0.15) is 0 Å². The molecule has 1 aliphatic carbocycles. The highest BCUT2D eigenvalue weighted by Gasteiger charge is 2.29. The van der Waals surface area contributed by atoms with Crippen molar-refractivity contribution in [3.63, 3.8) is 0 Å². The number of carboxylic acids is 1. The number of allylic oxidation sites excluding steroid dienone is 2. The molecule has 5 rings (SSSR count). The van der Waals surface area contributed by atoms with Crippen molar-refractivity contribution in [3.8, 4) is 0 Å². The molecule has 1 amide bonds. The van der Waals surface area contributed by atoms with E-state index in [1.807, 2.05) is 48.7 Å². The number of nitrogens with one attached hydrogen (secondary N) is 1. The predicted octanol–water partition coefficient (Wildman–Crippen LogP) is 3.46. The third-order valence-corrected chi connectivity index (χ3v) is 6.18. The molecule has 2 unspecified atom stereocenters. The lowest BCUT2D eigenvalue weighted by Gasteiger charge is -2.23. The molecule has 1 aliphatic heterocycles. The average molecular weight is 442 g/mol. The van der Waals surface area contributed by atoms with Crippen molar-refractivity contribution in [2.75, 3.05) is 13.1 Å². The predicted molar refractivity (Wildman–Crippen MR) is 125 cm³/mol. The Labute approximate surface area is 189 Å². The molecule has 2 aliphatic rings. The first-order chi connectivity index (χ1) is 16.0. The van der Waals surface area contributed by atoms with Crippen LogP contribution in [0.25, 0.3) is 21.7 Å². The van der Waals surface area contributed by atoms with E-state index in [0.29, 0.717) is 17.4 Å². The van der Waals surface area contributed by atoms with Gasteiger partial charge in [0.2, 0.25) is 0 Å². The van der Waals surface area contributed by atoms with Crippen LogP contribution in [0, 0.1) is 5.92 Å². The molecule has 7 heteroatoms. The van der Waals surface area contributed by atoms with E-state index in [2.05, 4.69) is 17.5 Å². The second-order valence-corrected chi connectivity index (χ2v) is 8.22. The minimum atomic E-state index is -1.14. The van der Waals surface area contributed by atoms with Crippen molar-refractivity contribution in [1.82, 2.24) is 10.2 Å². The molecule has 33 heavy (non-hydrogen) atoms. The summed E-state index contributed by atoms with van der Waals surface area (Å²) in [5, 5.41) is 15.1. The summed E-state index contributed by atoms with van der Waals surface area (Å²) in [6.45, 7) is -0.331. The van der Waals surface area contributed by atoms with Crippen molar-refractivity contribution in [1.29, 1.82) is 0 Å². The summed E-state index contributed by atoms with van der Waals surface area (Å²) in [5.74, 6) is -1.62. The molecular formula is C26H22N2O5. The van der Waals surface area contributed by atoms with Gasteiger partial charge in [0.15, 0.2) is 0 Å². The van der Waals surface area contributed by atoms with Gasteiger partial charge in [-0.1, -0.05) is 54.6 Å². The maximum atomic E-state index is 13.3. The molecule has 7 nitrogen and oxygen atoms in total. The molecule has 0 fully saturated rings. The Morgan fingerprint density at radius 2 is 1.88 bits per heavy atom. The van der Waals surface area contributed by atoms with E-state index in [-0.39, 0.29) is 24.1 Å². The van der Waals surface area contributed by atoms with Crippen molar-refractivity contribution in [2.24, 2.45) is 5.92 Å². The summed E-state index contributed by atoms with van der Waals surface area (Å²) in [4.78, 5) is 38.7. The Balaban J connectivity index is 1.45. The van der Waals surface area contributed by atoms with Gasteiger partial charge in [-0.3, -0.25) is 9.59 Å². The second kappa shape index (κ2) is 8.43. The van der Waals surface area contributed by atoms with E-state index in [0.717, 1.165) is 16.3 Å². The van der Waals surface area contributed by atoms with Crippen LogP contribution in [0.5, 0.6) is 0 Å². The van der Waals surface area contributed by atoms with Gasteiger partial charge in [0.25, 0.3) is 5.91 Å². The summed E-state index contributed by atoms with van der Waals surface area (Å²) in [7, 11) is 0. The van der Waals surface area contributed by atoms with Crippen LogP contribution in [0.15, 0.2) is 87.8 Å². The Bertz CT molecular complexity index is 1420. The number of hydrogen-bond acceptors (Lipinski definition) is 5. The largest absolute Gasteiger partial charge is 0.480 e. The van der Waals surface area contributed by atoms with E-state index in [1.165, 1.54) is 11.0 Å². The van der Waals surface area contributed by atoms with Crippen LogP contribution in [0.3, 0.4) is 0 Å². The smallest absolute Gasteiger partial charge is 0.349 e. The first-order valence-corrected chi connectivity index (χ1v) is 10.8. The van der Waals surface area contributed by atoms with Crippen molar-refractivity contribution in [2.45, 2.75) is 12.5 Å². The Morgan fingerprint density at radius 1 is 1.06 bits per heavy atom. The standard InChI is InChI=1S/C26H22N2O5/c29-24(30)15-28(12-11-17-14-27-22-8-4-3-7-19(17)22)25(31)21-13-20-18-6-2-1-5-16(18)9-10-23(20)33-26(21)32/h1-10,13-14,19,22,27H,11-12,15H2,(H,29,30). The topological polar surface area (TPSA) is 99.8 Å². The van der Waals surface area contributed by atoms with Gasteiger partial charge in [0, 0.05) is 17.8 Å². The third-order valence-electron chi connectivity index (χ3n) is 6.18. The van der Waals surface area contributed by atoms with Crippen LogP contribution >= 0.6 is 0 Å². The minimum absolute atomic E-state index is 0.169. The minimum Gasteiger partial charge on any atom is -0.480 e. The first-order valence-electron chi connectivity index (χ1n) is 10.8. The monoisotopic (exact) mass is 442 g/mol. The van der Waals surface area contributed by atoms with Crippen LogP contribution in [0.2, 0.25) is 0 Å². The maximum Gasteiger partial charge on any atom is 0.349 e. The van der Waals surface area contributed by atoms with Crippen LogP contribution in [0.1, 0.15) is 16.8 Å². The zero-order valence-electron chi connectivity index (χ0n) is 17.7. The summed E-state index contributed by atoms with van der Waals surface area (Å²) >= 11 is 0. The molecule has 2 heterocycles. The van der Waals surface area contributed by atoms with E-state index in [4.69, 9.17) is 4.42 Å². The number of carbonyl (C=O) groups excluding carboxylic acids is 1. The highest BCUT2D eigenvalue weighted by atomic mass is 16.4. The third kappa shape index (κ3) is 3.93. The molecule has 166 valence electrons. The Morgan fingerprint density at radius 3 is 2.73 bits per heavy atom. The van der Waals surface area contributed by atoms with Gasteiger partial charge in [-0.25, -0.2) is 4.79 Å². The van der Waals surface area contributed by atoms with E-state index < -0.39 is 24.0 Å². The van der Waals surface area contributed by atoms with Gasteiger partial charge in [-0.15, -0.1) is 0 Å². The van der Waals surface area contributed by atoms with Gasteiger partial charge < -0.3 is 19.7 Å². The molecule has 3 aromatic rings. The fourth-order valence-electron chi connectivity index (χ4n) is 4.53. The van der Waals surface area contributed by atoms with Gasteiger partial charge in [0.05, 0.1) is 6.04 Å². The number of hydrogen-bond donors (Lipinski definition) is 2. The van der Waals surface area contributed by atoms with E-state index in [9.17, 15) is 19.5 Å². The number of amides is 1. The van der Waals surface area contributed by atoms with Crippen molar-refractivity contribution >= 4 is 33.6 Å². The number of rotatable bonds is 6. The summed E-state index contributed by atoms with van der Waals surface area (Å²) in [6, 6.07) is 12.8. The van der Waals surface area contributed by atoms with Gasteiger partial charge in [-0.05, 0) is 41.1 Å². The van der Waals surface area contributed by atoms with Crippen molar-refractivity contribution in [3.05, 3.63) is 94.5 Å². The van der Waals surface area contributed by atoms with Crippen LogP contribution < -0.4 is 10.9 Å².